The molecule has 16 heavy (non-hydrogen) atoms. The highest BCUT2D eigenvalue weighted by molar-refractivity contribution is 7.11. The number of nitrogens with zero attached hydrogens (tertiary/aromatic N) is 1. The van der Waals surface area contributed by atoms with E-state index in [4.69, 9.17) is 0 Å². The monoisotopic (exact) mass is 239 g/mol. The Hall–Kier alpha value is -0.740. The van der Waals surface area contributed by atoms with Gasteiger partial charge in [0.05, 0.1) is 16.3 Å². The lowest BCUT2D eigenvalue weighted by molar-refractivity contribution is -0.125. The molecular formula is C12H17NO2S. The highest BCUT2D eigenvalue weighted by Gasteiger charge is 2.33. The molecule has 2 rings (SSSR count). The Balaban J connectivity index is 2.06. The number of aliphatic hydroxyl groups is 1. The van der Waals surface area contributed by atoms with Crippen LogP contribution in [-0.2, 0) is 11.2 Å². The fourth-order valence-electron chi connectivity index (χ4n) is 2.07. The summed E-state index contributed by atoms with van der Waals surface area (Å²) >= 11 is 1.65. The number of Topliss-reactive ketones (excluding diaryl/α,β-unsaturated/α-hetero) is 1. The van der Waals surface area contributed by atoms with Crippen molar-refractivity contribution in [1.29, 1.82) is 0 Å². The van der Waals surface area contributed by atoms with Crippen LogP contribution in [0.25, 0.3) is 0 Å². The maximum Gasteiger partial charge on any atom is 0.133 e. The third kappa shape index (κ3) is 2.50. The van der Waals surface area contributed by atoms with Gasteiger partial charge in [-0.25, -0.2) is 4.98 Å². The molecule has 0 amide bonds. The van der Waals surface area contributed by atoms with Gasteiger partial charge in [-0.3, -0.25) is 4.79 Å². The summed E-state index contributed by atoms with van der Waals surface area (Å²) in [4.78, 5) is 16.8. The van der Waals surface area contributed by atoms with Crippen LogP contribution in [0.2, 0.25) is 0 Å². The smallest absolute Gasteiger partial charge is 0.133 e. The number of thiazole rings is 1. The minimum Gasteiger partial charge on any atom is -0.389 e. The molecule has 0 aromatic carbocycles. The molecular weight excluding hydrogens is 222 g/mol. The summed E-state index contributed by atoms with van der Waals surface area (Å²) in [5.74, 6) is 0.274. The maximum atomic E-state index is 11.1. The third-order valence-corrected chi connectivity index (χ3v) is 4.36. The zero-order chi connectivity index (χ0) is 11.8. The normalized spacial score (nSPS) is 20.1. The zero-order valence-corrected chi connectivity index (χ0v) is 10.6. The van der Waals surface area contributed by atoms with Crippen LogP contribution in [-0.4, -0.2) is 21.5 Å². The molecule has 3 nitrogen and oxygen atoms in total. The average Bonchev–Trinajstić information content (AvgIpc) is 2.51. The lowest BCUT2D eigenvalue weighted by Gasteiger charge is -2.30. The molecule has 1 heterocycles. The first-order valence-corrected chi connectivity index (χ1v) is 6.47. The molecule has 1 fully saturated rings. The number of aromatic nitrogens is 1. The number of carbonyl (C=O) groups excluding carboxylic acids is 1. The molecule has 88 valence electrons. The molecule has 4 heteroatoms. The van der Waals surface area contributed by atoms with Crippen LogP contribution in [0.4, 0.5) is 0 Å². The number of hydrogen-bond acceptors (Lipinski definition) is 4. The van der Waals surface area contributed by atoms with Gasteiger partial charge in [-0.1, -0.05) is 0 Å². The molecule has 1 saturated carbocycles. The van der Waals surface area contributed by atoms with E-state index in [0.29, 0.717) is 32.1 Å². The summed E-state index contributed by atoms with van der Waals surface area (Å²) in [6.07, 6.45) is 2.80. The number of hydrogen-bond donors (Lipinski definition) is 1. The van der Waals surface area contributed by atoms with Gasteiger partial charge in [0, 0.05) is 24.1 Å². The molecule has 1 aliphatic rings. The number of aryl methyl sites for hydroxylation is 2. The van der Waals surface area contributed by atoms with E-state index in [1.807, 2.05) is 13.8 Å². The first kappa shape index (κ1) is 11.7. The SMILES string of the molecule is Cc1nc(CC2(O)CCC(=O)CC2)sc1C. The Morgan fingerprint density at radius 1 is 1.38 bits per heavy atom. The first-order valence-electron chi connectivity index (χ1n) is 5.65. The molecule has 0 atom stereocenters. The first-order chi connectivity index (χ1) is 7.48. The summed E-state index contributed by atoms with van der Waals surface area (Å²) < 4.78 is 0. The summed E-state index contributed by atoms with van der Waals surface area (Å²) in [7, 11) is 0. The van der Waals surface area contributed by atoms with Crippen LogP contribution in [0.5, 0.6) is 0 Å². The predicted molar refractivity (Wildman–Crippen MR) is 63.7 cm³/mol. The van der Waals surface area contributed by atoms with E-state index in [9.17, 15) is 9.90 Å². The van der Waals surface area contributed by atoms with Crippen LogP contribution >= 0.6 is 11.3 Å². The molecule has 1 aromatic rings. The second kappa shape index (κ2) is 4.26. The van der Waals surface area contributed by atoms with E-state index in [1.54, 1.807) is 11.3 Å². The quantitative estimate of drug-likeness (QED) is 0.860. The van der Waals surface area contributed by atoms with Gasteiger partial charge in [0.1, 0.15) is 5.78 Å². The Bertz CT molecular complexity index is 382. The van der Waals surface area contributed by atoms with Crippen molar-refractivity contribution in [3.63, 3.8) is 0 Å². The average molecular weight is 239 g/mol. The minimum atomic E-state index is -0.704. The maximum absolute atomic E-state index is 11.1. The summed E-state index contributed by atoms with van der Waals surface area (Å²) in [6.45, 7) is 4.04. The van der Waals surface area contributed by atoms with Gasteiger partial charge in [0.2, 0.25) is 0 Å². The van der Waals surface area contributed by atoms with Crippen LogP contribution in [0.1, 0.15) is 41.3 Å². The van der Waals surface area contributed by atoms with Gasteiger partial charge >= 0.3 is 0 Å². The van der Waals surface area contributed by atoms with E-state index in [-0.39, 0.29) is 5.78 Å². The molecule has 0 radical (unpaired) electrons. The predicted octanol–water partition coefficient (Wildman–Crippen LogP) is 2.18. The standard InChI is InChI=1S/C12H17NO2S/c1-8-9(2)16-11(13-8)7-12(15)5-3-10(14)4-6-12/h15H,3-7H2,1-2H3. The summed E-state index contributed by atoms with van der Waals surface area (Å²) in [5, 5.41) is 11.3. The van der Waals surface area contributed by atoms with E-state index in [1.165, 1.54) is 4.88 Å². The van der Waals surface area contributed by atoms with Crippen molar-refractivity contribution in [2.45, 2.75) is 51.6 Å². The van der Waals surface area contributed by atoms with Gasteiger partial charge < -0.3 is 5.11 Å². The Labute approximate surface area is 99.5 Å². The largest absolute Gasteiger partial charge is 0.389 e. The molecule has 0 saturated heterocycles. The number of ketones is 1. The summed E-state index contributed by atoms with van der Waals surface area (Å²) in [6, 6.07) is 0. The van der Waals surface area contributed by atoms with Crippen molar-refractivity contribution in [2.75, 3.05) is 0 Å². The van der Waals surface area contributed by atoms with Crippen molar-refractivity contribution in [2.24, 2.45) is 0 Å². The Kier molecular flexibility index (Phi) is 3.13. The van der Waals surface area contributed by atoms with Crippen LogP contribution in [0.15, 0.2) is 0 Å². The third-order valence-electron chi connectivity index (χ3n) is 3.29. The van der Waals surface area contributed by atoms with Gasteiger partial charge in [-0.05, 0) is 26.7 Å². The van der Waals surface area contributed by atoms with Gasteiger partial charge in [0.15, 0.2) is 0 Å². The van der Waals surface area contributed by atoms with Crippen molar-refractivity contribution in [1.82, 2.24) is 4.98 Å². The second-order valence-electron chi connectivity index (χ2n) is 4.69. The van der Waals surface area contributed by atoms with Gasteiger partial charge in [-0.15, -0.1) is 11.3 Å². The van der Waals surface area contributed by atoms with Gasteiger partial charge in [0.25, 0.3) is 0 Å². The zero-order valence-electron chi connectivity index (χ0n) is 9.75. The molecule has 0 aliphatic heterocycles. The van der Waals surface area contributed by atoms with Crippen LogP contribution in [0.3, 0.4) is 0 Å². The van der Waals surface area contributed by atoms with Crippen molar-refractivity contribution >= 4 is 17.1 Å². The Morgan fingerprint density at radius 3 is 2.50 bits per heavy atom. The lowest BCUT2D eigenvalue weighted by atomic mass is 9.82. The highest BCUT2D eigenvalue weighted by atomic mass is 32.1. The van der Waals surface area contributed by atoms with Crippen LogP contribution < -0.4 is 0 Å². The topological polar surface area (TPSA) is 50.2 Å². The molecule has 0 bridgehead atoms. The van der Waals surface area contributed by atoms with Crippen molar-refractivity contribution < 1.29 is 9.90 Å². The van der Waals surface area contributed by atoms with E-state index in [2.05, 4.69) is 4.98 Å². The van der Waals surface area contributed by atoms with E-state index in [0.717, 1.165) is 10.7 Å². The number of carbonyl (C=O) groups is 1. The molecule has 1 aliphatic carbocycles. The Morgan fingerprint density at radius 2 is 2.00 bits per heavy atom. The second-order valence-corrected chi connectivity index (χ2v) is 5.98. The lowest BCUT2D eigenvalue weighted by Crippen LogP contribution is -2.36. The fraction of sp³-hybridized carbons (Fsp3) is 0.667. The van der Waals surface area contributed by atoms with Gasteiger partial charge in [-0.2, -0.15) is 0 Å². The molecule has 1 N–H and O–H groups in total. The van der Waals surface area contributed by atoms with Crippen molar-refractivity contribution in [3.8, 4) is 0 Å². The van der Waals surface area contributed by atoms with E-state index < -0.39 is 5.60 Å². The highest BCUT2D eigenvalue weighted by Crippen LogP contribution is 2.31. The van der Waals surface area contributed by atoms with Crippen molar-refractivity contribution in [3.05, 3.63) is 15.6 Å². The fourth-order valence-corrected chi connectivity index (χ4v) is 3.14. The van der Waals surface area contributed by atoms with Crippen LogP contribution in [0, 0.1) is 13.8 Å². The molecule has 1 aromatic heterocycles. The molecule has 0 unspecified atom stereocenters. The van der Waals surface area contributed by atoms with E-state index >= 15 is 0 Å². The summed E-state index contributed by atoms with van der Waals surface area (Å²) in [5.41, 5.74) is 0.348. The molecule has 0 spiro atoms. The minimum absolute atomic E-state index is 0.274. The number of rotatable bonds is 2.